The first kappa shape index (κ1) is 36.4. The molecule has 0 unspecified atom stereocenters. The molecule has 13 aromatic rings. The molecule has 0 fully saturated rings. The van der Waals surface area contributed by atoms with Crippen molar-refractivity contribution in [2.45, 2.75) is 6.92 Å². The van der Waals surface area contributed by atoms with E-state index in [2.05, 4.69) is 242 Å². The van der Waals surface area contributed by atoms with Crippen molar-refractivity contribution in [3.63, 3.8) is 0 Å². The molecule has 1 nitrogen and oxygen atoms in total. The first-order valence-corrected chi connectivity index (χ1v) is 22.3. The third-order valence-electron chi connectivity index (χ3n) is 13.6. The first-order valence-electron chi connectivity index (χ1n) is 22.3. The largest absolute Gasteiger partial charge is 0.310 e. The van der Waals surface area contributed by atoms with Gasteiger partial charge in [0.05, 0.1) is 5.69 Å². The molecular weight excluding hydrogens is 771 g/mol. The SMILES string of the molecule is Cc1cccc(N(c2ccc3c(c2)c2ccccc2c2c(-c4ccccc4)cc(-c4ccccc4)c(-c4ccccc4)c32)c2ccc3c4cccc5cccc(c6cccc2c63)c54)c1. The number of fused-ring (bicyclic) bond motifs is 8. The van der Waals surface area contributed by atoms with Crippen LogP contribution in [0.1, 0.15) is 5.56 Å². The van der Waals surface area contributed by atoms with Crippen molar-refractivity contribution in [1.82, 2.24) is 0 Å². The van der Waals surface area contributed by atoms with Gasteiger partial charge in [-0.1, -0.05) is 194 Å². The highest BCUT2D eigenvalue weighted by molar-refractivity contribution is 6.35. The second kappa shape index (κ2) is 14.4. The maximum absolute atomic E-state index is 2.49. The molecule has 0 aliphatic rings. The summed E-state index contributed by atoms with van der Waals surface area (Å²) in [7, 11) is 0. The minimum absolute atomic E-state index is 1.12. The Morgan fingerprint density at radius 3 is 1.48 bits per heavy atom. The van der Waals surface area contributed by atoms with Gasteiger partial charge in [0.2, 0.25) is 0 Å². The Morgan fingerprint density at radius 1 is 0.281 bits per heavy atom. The molecule has 13 rings (SSSR count). The number of benzene rings is 13. The molecule has 0 N–H and O–H groups in total. The van der Waals surface area contributed by atoms with E-state index < -0.39 is 0 Å². The lowest BCUT2D eigenvalue weighted by atomic mass is 9.81. The number of anilines is 3. The van der Waals surface area contributed by atoms with Gasteiger partial charge in [0.25, 0.3) is 0 Å². The van der Waals surface area contributed by atoms with Gasteiger partial charge in [-0.05, 0) is 152 Å². The molecule has 0 aliphatic heterocycles. The number of rotatable bonds is 6. The summed E-state index contributed by atoms with van der Waals surface area (Å²) in [6, 6.07) is 85.6. The van der Waals surface area contributed by atoms with Gasteiger partial charge in [-0.2, -0.15) is 0 Å². The normalized spacial score (nSPS) is 11.8. The van der Waals surface area contributed by atoms with Crippen LogP contribution in [-0.4, -0.2) is 0 Å². The molecule has 0 saturated carbocycles. The van der Waals surface area contributed by atoms with Crippen LogP contribution in [0.25, 0.3) is 109 Å². The van der Waals surface area contributed by atoms with Crippen molar-refractivity contribution in [2.75, 3.05) is 4.90 Å². The van der Waals surface area contributed by atoms with Gasteiger partial charge >= 0.3 is 0 Å². The van der Waals surface area contributed by atoms with Crippen LogP contribution < -0.4 is 4.90 Å². The fraction of sp³-hybridized carbons (Fsp3) is 0.0159. The molecule has 0 aromatic heterocycles. The van der Waals surface area contributed by atoms with Crippen LogP contribution in [0.4, 0.5) is 17.1 Å². The lowest BCUT2D eigenvalue weighted by molar-refractivity contribution is 1.29. The molecule has 0 aliphatic carbocycles. The van der Waals surface area contributed by atoms with Crippen LogP contribution in [0.15, 0.2) is 231 Å². The monoisotopic (exact) mass is 811 g/mol. The van der Waals surface area contributed by atoms with Crippen LogP contribution >= 0.6 is 0 Å². The topological polar surface area (TPSA) is 3.24 Å². The lowest BCUT2D eigenvalue weighted by Crippen LogP contribution is -2.11. The van der Waals surface area contributed by atoms with Crippen LogP contribution in [0.2, 0.25) is 0 Å². The average molecular weight is 812 g/mol. The number of hydrogen-bond donors (Lipinski definition) is 0. The van der Waals surface area contributed by atoms with Crippen LogP contribution in [0.3, 0.4) is 0 Å². The molecule has 0 spiro atoms. The third kappa shape index (κ3) is 5.51. The zero-order chi connectivity index (χ0) is 42.3. The second-order valence-corrected chi connectivity index (χ2v) is 17.2. The summed E-state index contributed by atoms with van der Waals surface area (Å²) in [6.07, 6.45) is 0. The molecule has 0 saturated heterocycles. The van der Waals surface area contributed by atoms with Gasteiger partial charge in [0.15, 0.2) is 0 Å². The zero-order valence-electron chi connectivity index (χ0n) is 35.4. The number of nitrogens with zero attached hydrogens (tertiary/aromatic N) is 1. The molecular formula is C63H41N. The van der Waals surface area contributed by atoms with Crippen molar-refractivity contribution in [2.24, 2.45) is 0 Å². The maximum atomic E-state index is 2.49. The number of aryl methyl sites for hydroxylation is 1. The predicted molar refractivity (Wildman–Crippen MR) is 276 cm³/mol. The lowest BCUT2D eigenvalue weighted by Gasteiger charge is -2.29. The summed E-state index contributed by atoms with van der Waals surface area (Å²) in [5, 5.41) is 17.8. The molecule has 0 radical (unpaired) electrons. The molecule has 64 heavy (non-hydrogen) atoms. The van der Waals surface area contributed by atoms with E-state index in [1.165, 1.54) is 114 Å². The number of hydrogen-bond acceptors (Lipinski definition) is 1. The highest BCUT2D eigenvalue weighted by atomic mass is 15.1. The molecule has 0 heterocycles. The Balaban J connectivity index is 1.16. The molecule has 298 valence electrons. The van der Waals surface area contributed by atoms with E-state index in [4.69, 9.17) is 0 Å². The molecule has 0 atom stereocenters. The quantitative estimate of drug-likeness (QED) is 0.119. The van der Waals surface area contributed by atoms with Gasteiger partial charge in [-0.25, -0.2) is 0 Å². The van der Waals surface area contributed by atoms with Crippen molar-refractivity contribution in [3.05, 3.63) is 236 Å². The third-order valence-corrected chi connectivity index (χ3v) is 13.6. The summed E-state index contributed by atoms with van der Waals surface area (Å²) >= 11 is 0. The van der Waals surface area contributed by atoms with E-state index in [0.717, 1.165) is 17.1 Å². The Hall–Kier alpha value is -8.26. The van der Waals surface area contributed by atoms with Crippen molar-refractivity contribution in [3.8, 4) is 33.4 Å². The second-order valence-electron chi connectivity index (χ2n) is 17.2. The molecule has 0 amide bonds. The molecule has 0 bridgehead atoms. The fourth-order valence-electron chi connectivity index (χ4n) is 10.9. The summed E-state index contributed by atoms with van der Waals surface area (Å²) < 4.78 is 0. The first-order chi connectivity index (χ1) is 31.7. The van der Waals surface area contributed by atoms with Gasteiger partial charge in [0.1, 0.15) is 0 Å². The van der Waals surface area contributed by atoms with Gasteiger partial charge in [-0.3, -0.25) is 0 Å². The molecule has 1 heteroatoms. The minimum atomic E-state index is 1.12. The summed E-state index contributed by atoms with van der Waals surface area (Å²) in [4.78, 5) is 2.49. The van der Waals surface area contributed by atoms with Crippen molar-refractivity contribution >= 4 is 92.5 Å². The van der Waals surface area contributed by atoms with Gasteiger partial charge in [0, 0.05) is 16.8 Å². The summed E-state index contributed by atoms with van der Waals surface area (Å²) in [5.41, 5.74) is 11.9. The van der Waals surface area contributed by atoms with Crippen LogP contribution in [0.5, 0.6) is 0 Å². The van der Waals surface area contributed by atoms with Crippen molar-refractivity contribution in [1.29, 1.82) is 0 Å². The Morgan fingerprint density at radius 2 is 0.781 bits per heavy atom. The van der Waals surface area contributed by atoms with E-state index in [1.807, 2.05) is 0 Å². The summed E-state index contributed by atoms with van der Waals surface area (Å²) in [6.45, 7) is 2.19. The Labute approximate surface area is 372 Å². The minimum Gasteiger partial charge on any atom is -0.310 e. The highest BCUT2D eigenvalue weighted by Gasteiger charge is 2.24. The Kier molecular flexibility index (Phi) is 8.20. The van der Waals surface area contributed by atoms with Crippen molar-refractivity contribution < 1.29 is 0 Å². The van der Waals surface area contributed by atoms with E-state index in [1.54, 1.807) is 0 Å². The fourth-order valence-corrected chi connectivity index (χ4v) is 10.9. The zero-order valence-corrected chi connectivity index (χ0v) is 35.4. The average Bonchev–Trinajstić information content (AvgIpc) is 3.36. The molecule has 13 aromatic carbocycles. The van der Waals surface area contributed by atoms with Crippen LogP contribution in [-0.2, 0) is 0 Å². The van der Waals surface area contributed by atoms with E-state index in [0.29, 0.717) is 0 Å². The maximum Gasteiger partial charge on any atom is 0.0540 e. The summed E-state index contributed by atoms with van der Waals surface area (Å²) in [5.74, 6) is 0. The highest BCUT2D eigenvalue weighted by Crippen LogP contribution is 2.51. The Bertz CT molecular complexity index is 3890. The predicted octanol–water partition coefficient (Wildman–Crippen LogP) is 18.0. The van der Waals surface area contributed by atoms with Gasteiger partial charge in [-0.15, -0.1) is 0 Å². The van der Waals surface area contributed by atoms with Gasteiger partial charge < -0.3 is 4.90 Å². The smallest absolute Gasteiger partial charge is 0.0540 e. The van der Waals surface area contributed by atoms with E-state index in [9.17, 15) is 0 Å². The standard InChI is InChI=1S/C63H41N/c1-40-17-13-26-45(37-40)64(58-36-35-52-50-30-15-25-43-24-14-29-49(59(43)50)51-31-16-32-54(58)61(51)52)46-33-34-53-57(38-46)47-27-11-12-28-48(47)62-56(42-20-7-3-8-21-42)39-55(41-18-5-2-6-19-41)60(63(53)62)44-22-9-4-10-23-44/h2-39H,1H3. The van der Waals surface area contributed by atoms with E-state index >= 15 is 0 Å². The van der Waals surface area contributed by atoms with Crippen LogP contribution in [0, 0.1) is 6.92 Å². The van der Waals surface area contributed by atoms with E-state index in [-0.39, 0.29) is 0 Å².